The molecule has 3 aliphatic heterocycles. The van der Waals surface area contributed by atoms with Gasteiger partial charge in [0.2, 0.25) is 11.6 Å². The molecule has 0 aliphatic carbocycles. The van der Waals surface area contributed by atoms with Crippen molar-refractivity contribution in [3.8, 4) is 11.6 Å². The van der Waals surface area contributed by atoms with Gasteiger partial charge in [-0.25, -0.2) is 4.79 Å². The number of piperidine rings is 2. The molecule has 188 valence electrons. The Kier molecular flexibility index (Phi) is 5.85. The molecular formula is C25H33N5O5. The van der Waals surface area contributed by atoms with Crippen molar-refractivity contribution in [2.45, 2.75) is 46.0 Å². The zero-order valence-corrected chi connectivity index (χ0v) is 20.9. The topological polar surface area (TPSA) is 103 Å². The molecule has 2 saturated heterocycles. The van der Waals surface area contributed by atoms with Crippen molar-refractivity contribution >= 4 is 17.1 Å². The number of ether oxygens (including phenoxy) is 1. The Morgan fingerprint density at radius 2 is 1.43 bits per heavy atom. The normalized spacial score (nSPS) is 18.7. The zero-order valence-electron chi connectivity index (χ0n) is 20.9. The van der Waals surface area contributed by atoms with E-state index in [0.717, 1.165) is 62.1 Å². The lowest BCUT2D eigenvalue weighted by Gasteiger charge is -2.37. The first-order valence-corrected chi connectivity index (χ1v) is 12.5. The molecule has 0 saturated carbocycles. The molecule has 35 heavy (non-hydrogen) atoms. The zero-order chi connectivity index (χ0) is 25.0. The third-order valence-electron chi connectivity index (χ3n) is 8.00. The minimum atomic E-state index is -0.522. The van der Waals surface area contributed by atoms with Gasteiger partial charge < -0.3 is 14.5 Å². The van der Waals surface area contributed by atoms with Crippen LogP contribution in [0.25, 0.3) is 0 Å². The Labute approximate surface area is 203 Å². The molecule has 0 N–H and O–H groups in total. The van der Waals surface area contributed by atoms with E-state index >= 15 is 0 Å². The molecule has 2 aromatic rings. The van der Waals surface area contributed by atoms with Gasteiger partial charge in [-0.1, -0.05) is 13.8 Å². The number of hydrogen-bond acceptors (Lipinski definition) is 7. The van der Waals surface area contributed by atoms with Crippen molar-refractivity contribution in [3.63, 3.8) is 0 Å². The molecule has 0 bridgehead atoms. The van der Waals surface area contributed by atoms with E-state index in [2.05, 4.69) is 23.6 Å². The standard InChI is InChI=1S/C25H33N5O5/c1-15-5-9-28(10-6-15)19-14-20(29-11-7-16(2)8-12-29)21(30(33)34)22-17(19)13-18-23(31)26(3)25(32)27(4)24(18)35-22/h14-16H,5-13H2,1-4H3. The number of rotatable bonds is 3. The summed E-state index contributed by atoms with van der Waals surface area (Å²) in [5.41, 5.74) is 1.43. The molecule has 0 atom stereocenters. The predicted molar refractivity (Wildman–Crippen MR) is 134 cm³/mol. The second kappa shape index (κ2) is 8.73. The van der Waals surface area contributed by atoms with Gasteiger partial charge in [-0.05, 0) is 43.6 Å². The van der Waals surface area contributed by atoms with Crippen molar-refractivity contribution < 1.29 is 9.66 Å². The summed E-state index contributed by atoms with van der Waals surface area (Å²) in [7, 11) is 2.97. The fraction of sp³-hybridized carbons (Fsp3) is 0.600. The van der Waals surface area contributed by atoms with Gasteiger partial charge in [-0.15, -0.1) is 0 Å². The van der Waals surface area contributed by atoms with E-state index in [0.29, 0.717) is 28.7 Å². The Bertz CT molecular complexity index is 1300. The second-order valence-corrected chi connectivity index (χ2v) is 10.4. The maximum absolute atomic E-state index is 13.0. The first-order chi connectivity index (χ1) is 16.7. The summed E-state index contributed by atoms with van der Waals surface area (Å²) in [4.78, 5) is 42.0. The second-order valence-electron chi connectivity index (χ2n) is 10.4. The smallest absolute Gasteiger partial charge is 0.335 e. The monoisotopic (exact) mass is 483 g/mol. The number of aromatic nitrogens is 2. The van der Waals surface area contributed by atoms with E-state index in [4.69, 9.17) is 4.74 Å². The van der Waals surface area contributed by atoms with Gasteiger partial charge in [0.15, 0.2) is 0 Å². The lowest BCUT2D eigenvalue weighted by molar-refractivity contribution is -0.385. The van der Waals surface area contributed by atoms with Gasteiger partial charge >= 0.3 is 11.4 Å². The lowest BCUT2D eigenvalue weighted by Crippen LogP contribution is -2.41. The van der Waals surface area contributed by atoms with Crippen LogP contribution in [0, 0.1) is 22.0 Å². The summed E-state index contributed by atoms with van der Waals surface area (Å²) in [5.74, 6) is 1.47. The fourth-order valence-electron chi connectivity index (χ4n) is 5.59. The summed E-state index contributed by atoms with van der Waals surface area (Å²) in [6.45, 7) is 7.63. The van der Waals surface area contributed by atoms with E-state index in [1.165, 1.54) is 18.7 Å². The molecule has 0 radical (unpaired) electrons. The van der Waals surface area contributed by atoms with Crippen LogP contribution in [-0.2, 0) is 20.5 Å². The molecule has 0 spiro atoms. The number of hydrogen-bond donors (Lipinski definition) is 0. The fourth-order valence-corrected chi connectivity index (χ4v) is 5.59. The van der Waals surface area contributed by atoms with Crippen molar-refractivity contribution in [2.75, 3.05) is 36.0 Å². The van der Waals surface area contributed by atoms with Gasteiger partial charge in [-0.2, -0.15) is 0 Å². The molecule has 3 aliphatic rings. The Hall–Kier alpha value is -3.30. The van der Waals surface area contributed by atoms with E-state index in [9.17, 15) is 19.7 Å². The number of nitrogens with zero attached hydrogens (tertiary/aromatic N) is 5. The molecule has 1 aromatic carbocycles. The highest BCUT2D eigenvalue weighted by Gasteiger charge is 2.38. The van der Waals surface area contributed by atoms with E-state index in [1.807, 2.05) is 6.07 Å². The lowest BCUT2D eigenvalue weighted by atomic mass is 9.93. The summed E-state index contributed by atoms with van der Waals surface area (Å²) < 4.78 is 8.50. The third-order valence-corrected chi connectivity index (χ3v) is 8.00. The van der Waals surface area contributed by atoms with Gasteiger partial charge in [0.1, 0.15) is 5.69 Å². The first-order valence-electron chi connectivity index (χ1n) is 12.5. The molecule has 10 heteroatoms. The van der Waals surface area contributed by atoms with Crippen molar-refractivity contribution in [1.29, 1.82) is 0 Å². The summed E-state index contributed by atoms with van der Waals surface area (Å²) in [6, 6.07) is 1.95. The highest BCUT2D eigenvalue weighted by Crippen LogP contribution is 2.51. The minimum Gasteiger partial charge on any atom is -0.432 e. The summed E-state index contributed by atoms with van der Waals surface area (Å²) in [5, 5.41) is 12.5. The maximum Gasteiger partial charge on any atom is 0.335 e. The van der Waals surface area contributed by atoms with Crippen LogP contribution in [0.15, 0.2) is 15.7 Å². The van der Waals surface area contributed by atoms with E-state index in [1.54, 1.807) is 0 Å². The third kappa shape index (κ3) is 3.88. The maximum atomic E-state index is 13.0. The Morgan fingerprint density at radius 1 is 0.886 bits per heavy atom. The molecule has 0 amide bonds. The van der Waals surface area contributed by atoms with Crippen LogP contribution in [0.4, 0.5) is 17.1 Å². The number of anilines is 2. The highest BCUT2D eigenvalue weighted by molar-refractivity contribution is 5.82. The molecule has 10 nitrogen and oxygen atoms in total. The van der Waals surface area contributed by atoms with Crippen LogP contribution in [-0.4, -0.2) is 40.2 Å². The Balaban J connectivity index is 1.73. The van der Waals surface area contributed by atoms with Crippen molar-refractivity contribution in [1.82, 2.24) is 9.13 Å². The average molecular weight is 484 g/mol. The van der Waals surface area contributed by atoms with Gasteiger partial charge in [0.05, 0.1) is 10.5 Å². The number of nitro benzene ring substituents is 1. The average Bonchev–Trinajstić information content (AvgIpc) is 2.85. The van der Waals surface area contributed by atoms with Crippen LogP contribution in [0.5, 0.6) is 11.6 Å². The van der Waals surface area contributed by atoms with E-state index < -0.39 is 11.2 Å². The molecular weight excluding hydrogens is 450 g/mol. The van der Waals surface area contributed by atoms with E-state index in [-0.39, 0.29) is 28.7 Å². The highest BCUT2D eigenvalue weighted by atomic mass is 16.6. The number of nitro groups is 1. The molecule has 5 rings (SSSR count). The molecule has 0 unspecified atom stereocenters. The predicted octanol–water partition coefficient (Wildman–Crippen LogP) is 3.16. The van der Waals surface area contributed by atoms with Crippen LogP contribution in [0.2, 0.25) is 0 Å². The van der Waals surface area contributed by atoms with Gasteiger partial charge in [0, 0.05) is 57.9 Å². The summed E-state index contributed by atoms with van der Waals surface area (Å²) in [6.07, 6.45) is 4.20. The van der Waals surface area contributed by atoms with Gasteiger partial charge in [0.25, 0.3) is 5.56 Å². The first kappa shape index (κ1) is 23.4. The molecule has 4 heterocycles. The van der Waals surface area contributed by atoms with Crippen LogP contribution in [0.3, 0.4) is 0 Å². The SMILES string of the molecule is CC1CCN(c2cc(N3CCC(C)CC3)c([N+](=O)[O-])c3c2Cc2c(n(C)c(=O)n(C)c2=O)O3)CC1. The van der Waals surface area contributed by atoms with Crippen LogP contribution in [0.1, 0.15) is 50.7 Å². The number of benzene rings is 1. The van der Waals surface area contributed by atoms with Gasteiger partial charge in [-0.3, -0.25) is 24.0 Å². The quantitative estimate of drug-likeness (QED) is 0.416. The van der Waals surface area contributed by atoms with Crippen molar-refractivity contribution in [3.05, 3.63) is 48.1 Å². The van der Waals surface area contributed by atoms with Crippen LogP contribution < -0.4 is 25.8 Å². The number of fused-ring (bicyclic) bond motifs is 2. The molecule has 1 aromatic heterocycles. The summed E-state index contributed by atoms with van der Waals surface area (Å²) >= 11 is 0. The van der Waals surface area contributed by atoms with Crippen molar-refractivity contribution in [2.24, 2.45) is 25.9 Å². The molecule has 2 fully saturated rings. The largest absolute Gasteiger partial charge is 0.432 e. The van der Waals surface area contributed by atoms with Crippen LogP contribution >= 0.6 is 0 Å². The Morgan fingerprint density at radius 3 is 1.97 bits per heavy atom. The minimum absolute atomic E-state index is 0.0811.